The molecular weight excluding hydrogens is 316 g/mol. The fraction of sp³-hybridized carbons (Fsp3) is 0.526. The highest BCUT2D eigenvalue weighted by atomic mass is 16.5. The van der Waals surface area contributed by atoms with E-state index in [0.29, 0.717) is 12.5 Å². The first-order valence-electron chi connectivity index (χ1n) is 8.91. The van der Waals surface area contributed by atoms with Gasteiger partial charge in [0.1, 0.15) is 0 Å². The van der Waals surface area contributed by atoms with Gasteiger partial charge < -0.3 is 9.47 Å². The molecule has 0 N–H and O–H groups in total. The quantitative estimate of drug-likeness (QED) is 0.734. The molecule has 2 aromatic heterocycles. The van der Waals surface area contributed by atoms with Gasteiger partial charge in [-0.1, -0.05) is 6.07 Å². The van der Waals surface area contributed by atoms with Crippen molar-refractivity contribution in [1.82, 2.24) is 20.1 Å². The van der Waals surface area contributed by atoms with Crippen molar-refractivity contribution >= 4 is 0 Å². The van der Waals surface area contributed by atoms with Gasteiger partial charge in [-0.25, -0.2) is 0 Å². The molecule has 0 amide bonds. The van der Waals surface area contributed by atoms with E-state index in [2.05, 4.69) is 33.2 Å². The minimum Gasteiger partial charge on any atom is -0.477 e. The van der Waals surface area contributed by atoms with Crippen LogP contribution < -0.4 is 4.74 Å². The van der Waals surface area contributed by atoms with Gasteiger partial charge in [-0.05, 0) is 44.5 Å². The van der Waals surface area contributed by atoms with E-state index in [9.17, 15) is 0 Å². The Labute approximate surface area is 149 Å². The van der Waals surface area contributed by atoms with Crippen LogP contribution in [0.25, 0.3) is 0 Å². The number of rotatable bonds is 8. The van der Waals surface area contributed by atoms with Crippen molar-refractivity contribution in [2.75, 3.05) is 20.2 Å². The molecule has 0 spiro atoms. The van der Waals surface area contributed by atoms with Gasteiger partial charge >= 0.3 is 0 Å². The topological polar surface area (TPSA) is 60.4 Å². The lowest BCUT2D eigenvalue weighted by Gasteiger charge is -2.21. The fourth-order valence-corrected chi connectivity index (χ4v) is 3.19. The lowest BCUT2D eigenvalue weighted by atomic mass is 10.1. The molecule has 3 rings (SSSR count). The normalized spacial score (nSPS) is 20.1. The number of nitrogens with zero attached hydrogens (tertiary/aromatic N) is 4. The molecule has 134 valence electrons. The molecule has 0 saturated carbocycles. The lowest BCUT2D eigenvalue weighted by molar-refractivity contribution is 0.0261. The highest BCUT2D eigenvalue weighted by Crippen LogP contribution is 2.23. The highest BCUT2D eigenvalue weighted by molar-refractivity contribution is 5.12. The molecule has 0 unspecified atom stereocenters. The summed E-state index contributed by atoms with van der Waals surface area (Å²) in [4.78, 5) is 6.46. The second-order valence-corrected chi connectivity index (χ2v) is 6.52. The van der Waals surface area contributed by atoms with Crippen LogP contribution in [-0.4, -0.2) is 52.5 Å². The third kappa shape index (κ3) is 5.47. The van der Waals surface area contributed by atoms with Crippen molar-refractivity contribution in [3.05, 3.63) is 47.9 Å². The third-order valence-corrected chi connectivity index (χ3v) is 4.31. The molecule has 2 aromatic rings. The van der Waals surface area contributed by atoms with Crippen LogP contribution in [-0.2, 0) is 17.7 Å². The largest absolute Gasteiger partial charge is 0.477 e. The third-order valence-electron chi connectivity index (χ3n) is 4.31. The maximum absolute atomic E-state index is 6.20. The summed E-state index contributed by atoms with van der Waals surface area (Å²) >= 11 is 0. The van der Waals surface area contributed by atoms with Crippen LogP contribution in [0.5, 0.6) is 5.88 Å². The van der Waals surface area contributed by atoms with E-state index < -0.39 is 0 Å². The van der Waals surface area contributed by atoms with Crippen LogP contribution in [0.1, 0.15) is 31.0 Å². The van der Waals surface area contributed by atoms with Gasteiger partial charge in [0.05, 0.1) is 24.5 Å². The number of likely N-dealkylation sites (N-methyl/N-ethyl adjacent to an activating group) is 1. The Balaban J connectivity index is 1.43. The number of aromatic nitrogens is 3. The Bertz CT molecular complexity index is 636. The SMILES string of the molecule is CCOc1ccc(C[C@@H]2CC[C@H](CN(C)Cc3cccnc3)O2)nn1. The van der Waals surface area contributed by atoms with Crippen LogP contribution in [0.4, 0.5) is 0 Å². The molecule has 0 aromatic carbocycles. The van der Waals surface area contributed by atoms with E-state index in [1.807, 2.05) is 31.3 Å². The van der Waals surface area contributed by atoms with Gasteiger partial charge in [-0.2, -0.15) is 5.10 Å². The van der Waals surface area contributed by atoms with Crippen LogP contribution in [0.15, 0.2) is 36.7 Å². The zero-order valence-corrected chi connectivity index (χ0v) is 15.0. The molecule has 1 aliphatic rings. The number of ether oxygens (including phenoxy) is 2. The summed E-state index contributed by atoms with van der Waals surface area (Å²) in [7, 11) is 2.13. The first-order valence-corrected chi connectivity index (χ1v) is 8.91. The van der Waals surface area contributed by atoms with Gasteiger partial charge in [0.15, 0.2) is 0 Å². The van der Waals surface area contributed by atoms with Crippen molar-refractivity contribution in [2.45, 2.75) is 44.9 Å². The average Bonchev–Trinajstić information content (AvgIpc) is 3.04. The number of pyridine rings is 1. The molecular formula is C19H26N4O2. The number of hydrogen-bond donors (Lipinski definition) is 0. The van der Waals surface area contributed by atoms with E-state index in [1.165, 1.54) is 5.56 Å². The Morgan fingerprint density at radius 3 is 2.80 bits per heavy atom. The van der Waals surface area contributed by atoms with Gasteiger partial charge in [-0.15, -0.1) is 5.10 Å². The molecule has 6 heteroatoms. The highest BCUT2D eigenvalue weighted by Gasteiger charge is 2.26. The zero-order valence-electron chi connectivity index (χ0n) is 15.0. The molecule has 25 heavy (non-hydrogen) atoms. The first kappa shape index (κ1) is 17.8. The van der Waals surface area contributed by atoms with Crippen molar-refractivity contribution < 1.29 is 9.47 Å². The smallest absolute Gasteiger partial charge is 0.233 e. The molecule has 1 aliphatic heterocycles. The van der Waals surface area contributed by atoms with E-state index in [-0.39, 0.29) is 12.2 Å². The van der Waals surface area contributed by atoms with E-state index >= 15 is 0 Å². The minimum atomic E-state index is 0.226. The predicted octanol–water partition coefficient (Wildman–Crippen LogP) is 2.49. The van der Waals surface area contributed by atoms with E-state index in [4.69, 9.17) is 9.47 Å². The standard InChI is InChI=1S/C19H26N4O2/c1-3-24-19-9-6-16(21-22-19)11-17-7-8-18(25-17)14-23(2)13-15-5-4-10-20-12-15/h4-6,9-10,12,17-18H,3,7-8,11,13-14H2,1-2H3/t17-,18+/m0/s1. The Morgan fingerprint density at radius 2 is 2.08 bits per heavy atom. The Hall–Kier alpha value is -2.05. The Morgan fingerprint density at radius 1 is 1.20 bits per heavy atom. The van der Waals surface area contributed by atoms with Gasteiger partial charge in [0, 0.05) is 38.0 Å². The second-order valence-electron chi connectivity index (χ2n) is 6.52. The minimum absolute atomic E-state index is 0.226. The van der Waals surface area contributed by atoms with Crippen LogP contribution in [0.2, 0.25) is 0 Å². The summed E-state index contributed by atoms with van der Waals surface area (Å²) in [6.07, 6.45) is 7.19. The second kappa shape index (κ2) is 8.87. The van der Waals surface area contributed by atoms with E-state index in [0.717, 1.165) is 38.0 Å². The summed E-state index contributed by atoms with van der Waals surface area (Å²) in [6, 6.07) is 7.93. The van der Waals surface area contributed by atoms with Crippen molar-refractivity contribution in [1.29, 1.82) is 0 Å². The van der Waals surface area contributed by atoms with Gasteiger partial charge in [0.2, 0.25) is 5.88 Å². The summed E-state index contributed by atoms with van der Waals surface area (Å²) in [6.45, 7) is 4.37. The van der Waals surface area contributed by atoms with Gasteiger partial charge in [0.25, 0.3) is 0 Å². The van der Waals surface area contributed by atoms with Crippen LogP contribution in [0.3, 0.4) is 0 Å². The van der Waals surface area contributed by atoms with E-state index in [1.54, 1.807) is 6.20 Å². The molecule has 0 radical (unpaired) electrons. The number of hydrogen-bond acceptors (Lipinski definition) is 6. The van der Waals surface area contributed by atoms with Crippen molar-refractivity contribution in [2.24, 2.45) is 0 Å². The fourth-order valence-electron chi connectivity index (χ4n) is 3.19. The maximum Gasteiger partial charge on any atom is 0.233 e. The van der Waals surface area contributed by atoms with Crippen LogP contribution >= 0.6 is 0 Å². The first-order chi connectivity index (χ1) is 12.2. The summed E-state index contributed by atoms with van der Waals surface area (Å²) < 4.78 is 11.5. The summed E-state index contributed by atoms with van der Waals surface area (Å²) in [5, 5.41) is 8.31. The molecule has 0 bridgehead atoms. The Kier molecular flexibility index (Phi) is 6.30. The molecule has 1 saturated heterocycles. The zero-order chi connectivity index (χ0) is 17.5. The molecule has 0 aliphatic carbocycles. The predicted molar refractivity (Wildman–Crippen MR) is 95.4 cm³/mol. The lowest BCUT2D eigenvalue weighted by Crippen LogP contribution is -2.29. The van der Waals surface area contributed by atoms with Crippen molar-refractivity contribution in [3.8, 4) is 5.88 Å². The molecule has 1 fully saturated rings. The van der Waals surface area contributed by atoms with Gasteiger partial charge in [-0.3, -0.25) is 9.88 Å². The average molecular weight is 342 g/mol. The maximum atomic E-state index is 6.20. The molecule has 6 nitrogen and oxygen atoms in total. The molecule has 2 atom stereocenters. The monoisotopic (exact) mass is 342 g/mol. The summed E-state index contributed by atoms with van der Waals surface area (Å²) in [5.41, 5.74) is 2.18. The molecule has 3 heterocycles. The van der Waals surface area contributed by atoms with Crippen molar-refractivity contribution in [3.63, 3.8) is 0 Å². The summed E-state index contributed by atoms with van der Waals surface area (Å²) in [5.74, 6) is 0.577. The van der Waals surface area contributed by atoms with Crippen LogP contribution in [0, 0.1) is 0 Å².